The Labute approximate surface area is 123 Å². The largest absolute Gasteiger partial charge is 0.399 e. The molecule has 0 radical (unpaired) electrons. The first-order valence-electron chi connectivity index (χ1n) is 6.92. The van der Waals surface area contributed by atoms with Crippen molar-refractivity contribution in [2.24, 2.45) is 0 Å². The van der Waals surface area contributed by atoms with Gasteiger partial charge in [-0.2, -0.15) is 0 Å². The topological polar surface area (TPSA) is 82.5 Å². The van der Waals surface area contributed by atoms with Gasteiger partial charge in [0.05, 0.1) is 11.4 Å². The van der Waals surface area contributed by atoms with E-state index in [4.69, 9.17) is 20.9 Å². The number of benzene rings is 2. The molecule has 0 aliphatic carbocycles. The van der Waals surface area contributed by atoms with Crippen LogP contribution in [0.5, 0.6) is 0 Å². The summed E-state index contributed by atoms with van der Waals surface area (Å²) in [5.74, 6) is 0. The predicted molar refractivity (Wildman–Crippen MR) is 84.1 cm³/mol. The minimum atomic E-state index is -0.204. The highest BCUT2D eigenvalue weighted by Crippen LogP contribution is 2.30. The van der Waals surface area contributed by atoms with Gasteiger partial charge in [0, 0.05) is 17.8 Å². The number of nitrogens with two attached hydrogens (primary N) is 2. The summed E-state index contributed by atoms with van der Waals surface area (Å²) in [6, 6.07) is 13.4. The molecule has 2 aromatic rings. The zero-order chi connectivity index (χ0) is 14.8. The Morgan fingerprint density at radius 2 is 1.86 bits per heavy atom. The van der Waals surface area contributed by atoms with E-state index in [1.807, 2.05) is 49.4 Å². The monoisotopic (exact) mass is 285 g/mol. The summed E-state index contributed by atoms with van der Waals surface area (Å²) < 4.78 is 10.9. The lowest BCUT2D eigenvalue weighted by Crippen LogP contribution is -2.40. The highest BCUT2D eigenvalue weighted by Gasteiger charge is 2.27. The van der Waals surface area contributed by atoms with Crippen molar-refractivity contribution < 1.29 is 9.47 Å². The van der Waals surface area contributed by atoms with E-state index in [1.54, 1.807) is 0 Å². The van der Waals surface area contributed by atoms with Crippen molar-refractivity contribution in [1.82, 2.24) is 0 Å². The lowest BCUT2D eigenvalue weighted by Gasteiger charge is -2.34. The molecular weight excluding hydrogens is 266 g/mol. The third-order valence-electron chi connectivity index (χ3n) is 3.44. The molecule has 1 saturated heterocycles. The van der Waals surface area contributed by atoms with Crippen LogP contribution in [0.15, 0.2) is 42.5 Å². The maximum atomic E-state index is 6.23. The molecule has 0 atom stereocenters. The second kappa shape index (κ2) is 5.63. The molecule has 2 aromatic carbocycles. The molecule has 5 heteroatoms. The summed E-state index contributed by atoms with van der Waals surface area (Å²) in [4.78, 5) is 0. The summed E-state index contributed by atoms with van der Waals surface area (Å²) >= 11 is 0. The number of anilines is 4. The second-order valence-corrected chi connectivity index (χ2v) is 5.10. The molecule has 1 fully saturated rings. The standard InChI is InChI=1S/C16H19N3O2/c1-10-20-15(21-10)8-11-4-2-7-14(16(11)18)19-13-6-3-5-12(17)9-13/h2-7,9-10,15,19H,8,17-18H2,1H3. The quantitative estimate of drug-likeness (QED) is 0.752. The van der Waals surface area contributed by atoms with E-state index in [1.165, 1.54) is 0 Å². The molecule has 5 nitrogen and oxygen atoms in total. The Balaban J connectivity index is 1.76. The van der Waals surface area contributed by atoms with Gasteiger partial charge < -0.3 is 26.3 Å². The van der Waals surface area contributed by atoms with Crippen LogP contribution in [0.25, 0.3) is 0 Å². The third-order valence-corrected chi connectivity index (χ3v) is 3.44. The smallest absolute Gasteiger partial charge is 0.167 e. The fourth-order valence-electron chi connectivity index (χ4n) is 2.39. The van der Waals surface area contributed by atoms with Gasteiger partial charge in [0.25, 0.3) is 0 Å². The fourth-order valence-corrected chi connectivity index (χ4v) is 2.39. The SMILES string of the molecule is CC1OC(Cc2cccc(Nc3cccc(N)c3)c2N)O1. The molecule has 0 aromatic heterocycles. The highest BCUT2D eigenvalue weighted by molar-refractivity contribution is 5.76. The Kier molecular flexibility index (Phi) is 3.68. The Morgan fingerprint density at radius 3 is 2.57 bits per heavy atom. The van der Waals surface area contributed by atoms with Gasteiger partial charge in [-0.1, -0.05) is 18.2 Å². The first-order chi connectivity index (χ1) is 10.1. The van der Waals surface area contributed by atoms with Crippen molar-refractivity contribution in [3.63, 3.8) is 0 Å². The number of nitrogen functional groups attached to an aromatic ring is 2. The van der Waals surface area contributed by atoms with Crippen LogP contribution in [-0.4, -0.2) is 12.6 Å². The van der Waals surface area contributed by atoms with Crippen LogP contribution in [0.1, 0.15) is 12.5 Å². The average Bonchev–Trinajstić information content (AvgIpc) is 2.41. The molecule has 0 unspecified atom stereocenters. The van der Waals surface area contributed by atoms with Crippen LogP contribution >= 0.6 is 0 Å². The van der Waals surface area contributed by atoms with Gasteiger partial charge in [-0.25, -0.2) is 0 Å². The number of hydrogen-bond donors (Lipinski definition) is 3. The first kappa shape index (κ1) is 13.7. The van der Waals surface area contributed by atoms with Crippen LogP contribution in [0.3, 0.4) is 0 Å². The maximum Gasteiger partial charge on any atom is 0.167 e. The maximum absolute atomic E-state index is 6.23. The van der Waals surface area contributed by atoms with E-state index in [9.17, 15) is 0 Å². The summed E-state index contributed by atoms with van der Waals surface area (Å²) in [6.07, 6.45) is 0.317. The number of nitrogens with one attached hydrogen (secondary N) is 1. The van der Waals surface area contributed by atoms with Crippen LogP contribution < -0.4 is 16.8 Å². The molecule has 3 rings (SSSR count). The van der Waals surface area contributed by atoms with Gasteiger partial charge in [0.1, 0.15) is 0 Å². The van der Waals surface area contributed by atoms with Gasteiger partial charge in [-0.15, -0.1) is 0 Å². The average molecular weight is 285 g/mol. The van der Waals surface area contributed by atoms with E-state index in [0.29, 0.717) is 17.8 Å². The lowest BCUT2D eigenvalue weighted by molar-refractivity contribution is -0.374. The third kappa shape index (κ3) is 3.09. The normalized spacial score (nSPS) is 20.8. The lowest BCUT2D eigenvalue weighted by atomic mass is 10.1. The van der Waals surface area contributed by atoms with Crippen LogP contribution in [0.2, 0.25) is 0 Å². The number of hydrogen-bond acceptors (Lipinski definition) is 5. The fraction of sp³-hybridized carbons (Fsp3) is 0.250. The molecule has 5 N–H and O–H groups in total. The van der Waals surface area contributed by atoms with E-state index < -0.39 is 0 Å². The van der Waals surface area contributed by atoms with E-state index in [0.717, 1.165) is 16.9 Å². The van der Waals surface area contributed by atoms with E-state index >= 15 is 0 Å². The van der Waals surface area contributed by atoms with Gasteiger partial charge in [-0.05, 0) is 36.8 Å². The van der Waals surface area contributed by atoms with Crippen LogP contribution in [-0.2, 0) is 15.9 Å². The molecule has 0 bridgehead atoms. The molecule has 1 aliphatic heterocycles. The highest BCUT2D eigenvalue weighted by atomic mass is 16.9. The Bertz CT molecular complexity index is 639. The zero-order valence-corrected chi connectivity index (χ0v) is 11.9. The van der Waals surface area contributed by atoms with Crippen molar-refractivity contribution >= 4 is 22.7 Å². The Morgan fingerprint density at radius 1 is 1.10 bits per heavy atom. The summed E-state index contributed by atoms with van der Waals surface area (Å²) in [5, 5.41) is 3.28. The number of para-hydroxylation sites is 1. The zero-order valence-electron chi connectivity index (χ0n) is 11.9. The summed E-state index contributed by atoms with van der Waals surface area (Å²) in [5.41, 5.74) is 16.2. The molecule has 21 heavy (non-hydrogen) atoms. The van der Waals surface area contributed by atoms with E-state index in [-0.39, 0.29) is 12.6 Å². The molecule has 1 aliphatic rings. The molecule has 0 spiro atoms. The molecular formula is C16H19N3O2. The van der Waals surface area contributed by atoms with E-state index in [2.05, 4.69) is 5.32 Å². The second-order valence-electron chi connectivity index (χ2n) is 5.10. The van der Waals surface area contributed by atoms with Gasteiger partial charge >= 0.3 is 0 Å². The minimum absolute atomic E-state index is 0.121. The van der Waals surface area contributed by atoms with Gasteiger partial charge in [0.2, 0.25) is 0 Å². The molecule has 1 heterocycles. The molecule has 110 valence electrons. The van der Waals surface area contributed by atoms with Gasteiger partial charge in [-0.3, -0.25) is 0 Å². The van der Waals surface area contributed by atoms with Crippen molar-refractivity contribution in [2.45, 2.75) is 25.9 Å². The number of ether oxygens (including phenoxy) is 2. The minimum Gasteiger partial charge on any atom is -0.399 e. The predicted octanol–water partition coefficient (Wildman–Crippen LogP) is 2.86. The molecule has 0 amide bonds. The van der Waals surface area contributed by atoms with Crippen molar-refractivity contribution in [2.75, 3.05) is 16.8 Å². The first-order valence-corrected chi connectivity index (χ1v) is 6.92. The summed E-state index contributed by atoms with van der Waals surface area (Å²) in [7, 11) is 0. The molecule has 0 saturated carbocycles. The van der Waals surface area contributed by atoms with Gasteiger partial charge in [0.15, 0.2) is 12.6 Å². The van der Waals surface area contributed by atoms with Crippen molar-refractivity contribution in [3.8, 4) is 0 Å². The van der Waals surface area contributed by atoms with Crippen molar-refractivity contribution in [1.29, 1.82) is 0 Å². The van der Waals surface area contributed by atoms with Crippen LogP contribution in [0, 0.1) is 0 Å². The van der Waals surface area contributed by atoms with Crippen molar-refractivity contribution in [3.05, 3.63) is 48.0 Å². The van der Waals surface area contributed by atoms with Crippen LogP contribution in [0.4, 0.5) is 22.7 Å². The number of rotatable bonds is 4. The Hall–Kier alpha value is -2.24. The summed E-state index contributed by atoms with van der Waals surface area (Å²) in [6.45, 7) is 1.87.